The van der Waals surface area contributed by atoms with Crippen LogP contribution in [-0.4, -0.2) is 17.0 Å². The molecule has 0 fully saturated rings. The summed E-state index contributed by atoms with van der Waals surface area (Å²) in [6, 6.07) is 18.2. The highest BCUT2D eigenvalue weighted by atomic mass is 16.3. The van der Waals surface area contributed by atoms with E-state index in [1.807, 2.05) is 36.4 Å². The molecule has 0 heterocycles. The van der Waals surface area contributed by atoms with Crippen molar-refractivity contribution in [3.05, 3.63) is 84.4 Å². The number of aliphatic hydroxyl groups is 1. The smallest absolute Gasteiger partial charge is 0.192 e. The Kier molecular flexibility index (Phi) is 4.26. The number of hydrogen-bond donors (Lipinski definition) is 1. The lowest BCUT2D eigenvalue weighted by molar-refractivity contribution is 0.0720. The maximum atomic E-state index is 12.2. The van der Waals surface area contributed by atoms with Crippen LogP contribution in [0.3, 0.4) is 0 Å². The van der Waals surface area contributed by atoms with E-state index < -0.39 is 12.0 Å². The monoisotopic (exact) mass is 252 g/mol. The number of ketones is 1. The third kappa shape index (κ3) is 2.98. The van der Waals surface area contributed by atoms with Crippen molar-refractivity contribution >= 4 is 5.78 Å². The Bertz CT molecular complexity index is 546. The van der Waals surface area contributed by atoms with Crippen molar-refractivity contribution in [2.24, 2.45) is 0 Å². The van der Waals surface area contributed by atoms with Crippen LogP contribution >= 0.6 is 0 Å². The van der Waals surface area contributed by atoms with Gasteiger partial charge in [0.05, 0.1) is 0 Å². The molecule has 0 aliphatic carbocycles. The lowest BCUT2D eigenvalue weighted by atomic mass is 9.89. The van der Waals surface area contributed by atoms with E-state index in [0.29, 0.717) is 5.56 Å². The van der Waals surface area contributed by atoms with Crippen LogP contribution in [0, 0.1) is 0 Å². The summed E-state index contributed by atoms with van der Waals surface area (Å²) in [6.45, 7) is 3.72. The predicted molar refractivity (Wildman–Crippen MR) is 76.2 cm³/mol. The molecule has 2 rings (SSSR count). The molecule has 0 amide bonds. The summed E-state index contributed by atoms with van der Waals surface area (Å²) in [6.07, 6.45) is 0.503. The van der Waals surface area contributed by atoms with E-state index in [9.17, 15) is 9.90 Å². The molecule has 0 saturated heterocycles. The molecule has 2 unspecified atom stereocenters. The van der Waals surface area contributed by atoms with Crippen molar-refractivity contribution in [3.8, 4) is 0 Å². The van der Waals surface area contributed by atoms with Gasteiger partial charge in [-0.25, -0.2) is 0 Å². The summed E-state index contributed by atoms with van der Waals surface area (Å²) in [7, 11) is 0. The second-order valence-corrected chi connectivity index (χ2v) is 4.35. The Hall–Kier alpha value is -2.19. The maximum absolute atomic E-state index is 12.2. The summed E-state index contributed by atoms with van der Waals surface area (Å²) in [5.74, 6) is -0.678. The van der Waals surface area contributed by atoms with Gasteiger partial charge in [-0.3, -0.25) is 4.79 Å². The Labute approximate surface area is 113 Å². The van der Waals surface area contributed by atoms with E-state index >= 15 is 0 Å². The molecule has 0 aliphatic rings. The molecule has 0 saturated carbocycles. The standard InChI is InChI=1S/C17H16O2/c1-2-15(13-9-5-3-6-10-13)17(19)16(18)14-11-7-4-8-12-14/h2-12,15,17,19H,1H2. The molecule has 96 valence electrons. The predicted octanol–water partition coefficient (Wildman–Crippen LogP) is 3.20. The number of Topliss-reactive ketones (excluding diaryl/α,β-unsaturated/α-hetero) is 1. The lowest BCUT2D eigenvalue weighted by Gasteiger charge is -2.19. The fourth-order valence-electron chi connectivity index (χ4n) is 2.06. The van der Waals surface area contributed by atoms with Crippen LogP contribution < -0.4 is 0 Å². The minimum absolute atomic E-state index is 0.283. The molecular formula is C17H16O2. The number of carbonyl (C=O) groups excluding carboxylic acids is 1. The number of rotatable bonds is 5. The van der Waals surface area contributed by atoms with Gasteiger partial charge >= 0.3 is 0 Å². The third-order valence-electron chi connectivity index (χ3n) is 3.11. The van der Waals surface area contributed by atoms with Gasteiger partial charge in [0.2, 0.25) is 0 Å². The maximum Gasteiger partial charge on any atom is 0.192 e. The molecule has 2 aromatic rings. The molecule has 0 aromatic heterocycles. The number of carbonyl (C=O) groups is 1. The summed E-state index contributed by atoms with van der Waals surface area (Å²) < 4.78 is 0. The molecular weight excluding hydrogens is 236 g/mol. The zero-order valence-electron chi connectivity index (χ0n) is 10.6. The second kappa shape index (κ2) is 6.12. The molecule has 0 radical (unpaired) electrons. The Balaban J connectivity index is 2.25. The zero-order chi connectivity index (χ0) is 13.7. The SMILES string of the molecule is C=CC(c1ccccc1)C(O)C(=O)c1ccccc1. The third-order valence-corrected chi connectivity index (χ3v) is 3.11. The largest absolute Gasteiger partial charge is 0.384 e. The summed E-state index contributed by atoms with van der Waals surface area (Å²) in [4.78, 5) is 12.2. The van der Waals surface area contributed by atoms with Gasteiger partial charge in [-0.15, -0.1) is 6.58 Å². The molecule has 0 aliphatic heterocycles. The fraction of sp³-hybridized carbons (Fsp3) is 0.118. The zero-order valence-corrected chi connectivity index (χ0v) is 10.6. The first-order valence-corrected chi connectivity index (χ1v) is 6.19. The van der Waals surface area contributed by atoms with Crippen LogP contribution in [0.4, 0.5) is 0 Å². The highest BCUT2D eigenvalue weighted by molar-refractivity contribution is 6.00. The van der Waals surface area contributed by atoms with Crippen LogP contribution in [0.15, 0.2) is 73.3 Å². The van der Waals surface area contributed by atoms with Crippen molar-refractivity contribution in [3.63, 3.8) is 0 Å². The van der Waals surface area contributed by atoms with Crippen LogP contribution in [0.5, 0.6) is 0 Å². The summed E-state index contributed by atoms with van der Waals surface area (Å²) in [5.41, 5.74) is 1.40. The van der Waals surface area contributed by atoms with Gasteiger partial charge in [-0.1, -0.05) is 66.7 Å². The van der Waals surface area contributed by atoms with E-state index in [4.69, 9.17) is 0 Å². The molecule has 0 spiro atoms. The van der Waals surface area contributed by atoms with E-state index in [-0.39, 0.29) is 5.78 Å². The van der Waals surface area contributed by atoms with Crippen molar-refractivity contribution < 1.29 is 9.90 Å². The Morgan fingerprint density at radius 3 is 2.05 bits per heavy atom. The molecule has 0 bridgehead atoms. The fourth-order valence-corrected chi connectivity index (χ4v) is 2.06. The molecule has 2 atom stereocenters. The van der Waals surface area contributed by atoms with E-state index in [2.05, 4.69) is 6.58 Å². The first kappa shape index (κ1) is 13.2. The van der Waals surface area contributed by atoms with Crippen LogP contribution in [0.1, 0.15) is 21.8 Å². The first-order chi connectivity index (χ1) is 9.24. The van der Waals surface area contributed by atoms with Crippen molar-refractivity contribution in [1.82, 2.24) is 0 Å². The van der Waals surface area contributed by atoms with E-state index in [1.165, 1.54) is 0 Å². The highest BCUT2D eigenvalue weighted by Gasteiger charge is 2.25. The van der Waals surface area contributed by atoms with Crippen molar-refractivity contribution in [1.29, 1.82) is 0 Å². The van der Waals surface area contributed by atoms with Gasteiger partial charge in [-0.05, 0) is 5.56 Å². The number of hydrogen-bond acceptors (Lipinski definition) is 2. The van der Waals surface area contributed by atoms with Crippen molar-refractivity contribution in [2.45, 2.75) is 12.0 Å². The Morgan fingerprint density at radius 2 is 1.53 bits per heavy atom. The van der Waals surface area contributed by atoms with Gasteiger partial charge in [0, 0.05) is 11.5 Å². The summed E-state index contributed by atoms with van der Waals surface area (Å²) in [5, 5.41) is 10.3. The van der Waals surface area contributed by atoms with Gasteiger partial charge in [0.1, 0.15) is 6.10 Å². The molecule has 19 heavy (non-hydrogen) atoms. The van der Waals surface area contributed by atoms with Crippen molar-refractivity contribution in [2.75, 3.05) is 0 Å². The Morgan fingerprint density at radius 1 is 1.00 bits per heavy atom. The minimum atomic E-state index is -1.11. The van der Waals surface area contributed by atoms with E-state index in [0.717, 1.165) is 5.56 Å². The van der Waals surface area contributed by atoms with Gasteiger partial charge < -0.3 is 5.11 Å². The van der Waals surface area contributed by atoms with Crippen LogP contribution in [0.2, 0.25) is 0 Å². The highest BCUT2D eigenvalue weighted by Crippen LogP contribution is 2.23. The molecule has 2 heteroatoms. The van der Waals surface area contributed by atoms with Crippen LogP contribution in [0.25, 0.3) is 0 Å². The normalized spacial score (nSPS) is 13.5. The lowest BCUT2D eigenvalue weighted by Crippen LogP contribution is -2.27. The number of aliphatic hydroxyl groups excluding tert-OH is 1. The van der Waals surface area contributed by atoms with Gasteiger partial charge in [0.15, 0.2) is 5.78 Å². The van der Waals surface area contributed by atoms with Gasteiger partial charge in [0.25, 0.3) is 0 Å². The topological polar surface area (TPSA) is 37.3 Å². The van der Waals surface area contributed by atoms with E-state index in [1.54, 1.807) is 30.3 Å². The first-order valence-electron chi connectivity index (χ1n) is 6.19. The average molecular weight is 252 g/mol. The summed E-state index contributed by atoms with van der Waals surface area (Å²) >= 11 is 0. The van der Waals surface area contributed by atoms with Gasteiger partial charge in [-0.2, -0.15) is 0 Å². The molecule has 2 aromatic carbocycles. The molecule has 1 N–H and O–H groups in total. The second-order valence-electron chi connectivity index (χ2n) is 4.35. The minimum Gasteiger partial charge on any atom is -0.384 e. The molecule has 2 nitrogen and oxygen atoms in total. The quantitative estimate of drug-likeness (QED) is 0.655. The van der Waals surface area contributed by atoms with Crippen LogP contribution in [-0.2, 0) is 0 Å². The average Bonchev–Trinajstić information content (AvgIpc) is 2.49. The number of benzene rings is 2.